The van der Waals surface area contributed by atoms with Gasteiger partial charge in [-0.2, -0.15) is 0 Å². The van der Waals surface area contributed by atoms with E-state index in [1.54, 1.807) is 25.3 Å². The van der Waals surface area contributed by atoms with Crippen molar-refractivity contribution in [2.75, 3.05) is 44.9 Å². The van der Waals surface area contributed by atoms with Gasteiger partial charge in [-0.3, -0.25) is 4.57 Å². The van der Waals surface area contributed by atoms with Crippen molar-refractivity contribution >= 4 is 29.9 Å². The fourth-order valence-electron chi connectivity index (χ4n) is 4.03. The van der Waals surface area contributed by atoms with Crippen LogP contribution in [0.5, 0.6) is 0 Å². The quantitative estimate of drug-likeness (QED) is 0.212. The molecule has 0 amide bonds. The molecule has 1 aliphatic heterocycles. The van der Waals surface area contributed by atoms with Crippen LogP contribution in [0.1, 0.15) is 45.1 Å². The summed E-state index contributed by atoms with van der Waals surface area (Å²) in [6.07, 6.45) is 12.3. The van der Waals surface area contributed by atoms with Crippen LogP contribution >= 0.6 is 7.52 Å². The smallest absolute Gasteiger partial charge is 0.306 e. The van der Waals surface area contributed by atoms with Crippen molar-refractivity contribution in [3.63, 3.8) is 0 Å². The molecule has 0 spiro atoms. The molecule has 0 aromatic carbocycles. The van der Waals surface area contributed by atoms with E-state index in [-0.39, 0.29) is 6.35 Å². The molecule has 9 nitrogen and oxygen atoms in total. The molecule has 192 valence electrons. The number of anilines is 1. The summed E-state index contributed by atoms with van der Waals surface area (Å²) in [5.41, 5.74) is 8.08. The molecule has 2 aromatic rings. The standard InChI is InChI=1S/C17H24N5O3P.C8H15N/c1-5-13(14-9-19-17-15(14)16(18)20-10-21-17)8-12(4)24-11-26(23,22-6-2)25-7-3;1-3-8(4-1)7-9-5-2-6-9/h5,8-10H,1,4,6-7,11H2,2-3H3,(H,22,23)(H3,18,19,20,21);8H,1-7H2/b13-8+;. The van der Waals surface area contributed by atoms with E-state index in [9.17, 15) is 4.57 Å². The Morgan fingerprint density at radius 2 is 2.11 bits per heavy atom. The fourth-order valence-corrected chi connectivity index (χ4v) is 5.52. The van der Waals surface area contributed by atoms with Gasteiger partial charge in [0.2, 0.25) is 0 Å². The Bertz CT molecular complexity index is 1050. The predicted octanol–water partition coefficient (Wildman–Crippen LogP) is 4.93. The molecular weight excluding hydrogens is 463 g/mol. The zero-order chi connectivity index (χ0) is 25.3. The number of hydrogen-bond donors (Lipinski definition) is 3. The van der Waals surface area contributed by atoms with Gasteiger partial charge < -0.3 is 24.9 Å². The highest BCUT2D eigenvalue weighted by molar-refractivity contribution is 7.56. The van der Waals surface area contributed by atoms with Crippen molar-refractivity contribution in [3.8, 4) is 0 Å². The zero-order valence-corrected chi connectivity index (χ0v) is 21.9. The Morgan fingerprint density at radius 1 is 1.34 bits per heavy atom. The molecule has 0 radical (unpaired) electrons. The number of nitrogens with zero attached hydrogens (tertiary/aromatic N) is 3. The van der Waals surface area contributed by atoms with Crippen molar-refractivity contribution in [2.45, 2.75) is 39.5 Å². The third-order valence-corrected chi connectivity index (χ3v) is 8.14. The third kappa shape index (κ3) is 7.51. The molecule has 2 aromatic heterocycles. The van der Waals surface area contributed by atoms with E-state index in [2.05, 4.69) is 38.1 Å². The van der Waals surface area contributed by atoms with Crippen LogP contribution in [-0.4, -0.2) is 59.0 Å². The van der Waals surface area contributed by atoms with E-state index in [4.69, 9.17) is 15.0 Å². The monoisotopic (exact) mass is 502 g/mol. The van der Waals surface area contributed by atoms with Crippen LogP contribution in [0.2, 0.25) is 0 Å². The van der Waals surface area contributed by atoms with Gasteiger partial charge in [0.05, 0.1) is 12.0 Å². The lowest BCUT2D eigenvalue weighted by Crippen LogP contribution is -2.41. The molecule has 1 unspecified atom stereocenters. The lowest BCUT2D eigenvalue weighted by molar-refractivity contribution is 0.121. The van der Waals surface area contributed by atoms with Gasteiger partial charge >= 0.3 is 7.52 Å². The highest BCUT2D eigenvalue weighted by Crippen LogP contribution is 2.42. The van der Waals surface area contributed by atoms with Crippen molar-refractivity contribution in [2.24, 2.45) is 5.92 Å². The summed E-state index contributed by atoms with van der Waals surface area (Å²) in [7, 11) is -3.07. The minimum Gasteiger partial charge on any atom is -0.483 e. The summed E-state index contributed by atoms with van der Waals surface area (Å²) in [4.78, 5) is 13.8. The van der Waals surface area contributed by atoms with Gasteiger partial charge in [0.25, 0.3) is 0 Å². The molecule has 1 aliphatic carbocycles. The van der Waals surface area contributed by atoms with E-state index in [0.29, 0.717) is 35.8 Å². The van der Waals surface area contributed by atoms with Gasteiger partial charge in [0.15, 0.2) is 6.35 Å². The number of ether oxygens (including phenoxy) is 1. The molecule has 10 heteroatoms. The van der Waals surface area contributed by atoms with E-state index in [1.807, 2.05) is 6.92 Å². The topological polar surface area (TPSA) is 118 Å². The van der Waals surface area contributed by atoms with E-state index >= 15 is 0 Å². The molecule has 1 atom stereocenters. The lowest BCUT2D eigenvalue weighted by Gasteiger charge is -2.37. The third-order valence-electron chi connectivity index (χ3n) is 6.19. The second-order valence-electron chi connectivity index (χ2n) is 8.78. The Labute approximate surface area is 208 Å². The number of nitrogens with one attached hydrogen (secondary N) is 2. The van der Waals surface area contributed by atoms with Gasteiger partial charge in [0.1, 0.15) is 23.6 Å². The number of rotatable bonds is 12. The number of hydrogen-bond acceptors (Lipinski definition) is 7. The minimum atomic E-state index is -3.07. The van der Waals surface area contributed by atoms with E-state index in [0.717, 1.165) is 17.1 Å². The second kappa shape index (κ2) is 13.0. The first kappa shape index (κ1) is 27.1. The average Bonchev–Trinajstić information content (AvgIpc) is 3.20. The number of aromatic amines is 1. The van der Waals surface area contributed by atoms with Gasteiger partial charge in [-0.05, 0) is 56.8 Å². The highest BCUT2D eigenvalue weighted by atomic mass is 31.2. The largest absolute Gasteiger partial charge is 0.483 e. The molecule has 4 rings (SSSR count). The zero-order valence-electron chi connectivity index (χ0n) is 21.0. The van der Waals surface area contributed by atoms with Crippen molar-refractivity contribution in [1.82, 2.24) is 24.9 Å². The first-order valence-electron chi connectivity index (χ1n) is 12.3. The van der Waals surface area contributed by atoms with Crippen LogP contribution in [0.25, 0.3) is 16.6 Å². The molecule has 3 heterocycles. The fraction of sp³-hybridized carbons (Fsp3) is 0.520. The second-order valence-corrected chi connectivity index (χ2v) is 11.0. The van der Waals surface area contributed by atoms with E-state index in [1.165, 1.54) is 51.6 Å². The van der Waals surface area contributed by atoms with Gasteiger partial charge in [0, 0.05) is 24.8 Å². The number of aromatic nitrogens is 3. The normalized spacial score (nSPS) is 18.1. The first-order valence-corrected chi connectivity index (χ1v) is 14.1. The number of fused-ring (bicyclic) bond motifs is 1. The van der Waals surface area contributed by atoms with Gasteiger partial charge in [-0.15, -0.1) is 0 Å². The maximum Gasteiger partial charge on any atom is 0.306 e. The lowest BCUT2D eigenvalue weighted by atomic mass is 9.84. The first-order chi connectivity index (χ1) is 16.9. The number of likely N-dealkylation sites (tertiary alicyclic amines) is 1. The van der Waals surface area contributed by atoms with Crippen LogP contribution in [-0.2, 0) is 13.8 Å². The van der Waals surface area contributed by atoms with E-state index < -0.39 is 7.52 Å². The number of allylic oxidation sites excluding steroid dienone is 3. The number of nitrogens with two attached hydrogens (primary N) is 1. The van der Waals surface area contributed by atoms with Crippen LogP contribution in [0.3, 0.4) is 0 Å². The van der Waals surface area contributed by atoms with Crippen LogP contribution < -0.4 is 10.8 Å². The summed E-state index contributed by atoms with van der Waals surface area (Å²) < 4.78 is 23.4. The van der Waals surface area contributed by atoms with Crippen LogP contribution in [0, 0.1) is 5.92 Å². The molecular formula is C25H39N6O3P. The minimum absolute atomic E-state index is 0.117. The average molecular weight is 503 g/mol. The summed E-state index contributed by atoms with van der Waals surface area (Å²) in [5.74, 6) is 1.77. The summed E-state index contributed by atoms with van der Waals surface area (Å²) >= 11 is 0. The van der Waals surface area contributed by atoms with Crippen molar-refractivity contribution in [3.05, 3.63) is 49.2 Å². The van der Waals surface area contributed by atoms with Crippen LogP contribution in [0.15, 0.2) is 43.6 Å². The Morgan fingerprint density at radius 3 is 2.69 bits per heavy atom. The van der Waals surface area contributed by atoms with Crippen LogP contribution in [0.4, 0.5) is 5.82 Å². The Hall–Kier alpha value is -2.45. The molecule has 2 aliphatic rings. The number of H-pyrrole nitrogens is 1. The molecule has 4 N–H and O–H groups in total. The van der Waals surface area contributed by atoms with Crippen molar-refractivity contribution in [1.29, 1.82) is 0 Å². The molecule has 0 bridgehead atoms. The Balaban J connectivity index is 0.000000313. The molecule has 1 saturated carbocycles. The Kier molecular flexibility index (Phi) is 10.1. The maximum absolute atomic E-state index is 12.5. The van der Waals surface area contributed by atoms with Gasteiger partial charge in [-0.1, -0.05) is 32.6 Å². The predicted molar refractivity (Wildman–Crippen MR) is 143 cm³/mol. The summed E-state index contributed by atoms with van der Waals surface area (Å²) in [5, 5.41) is 3.52. The van der Waals surface area contributed by atoms with Crippen molar-refractivity contribution < 1.29 is 13.8 Å². The summed E-state index contributed by atoms with van der Waals surface area (Å²) in [6, 6.07) is 0. The SMILES string of the molecule is C1CC(CN2CCC2)C1.C=C/C(=C\C(=C)OCP(=O)(NCC)OCC)c1c[nH]c2ncnc(N)c12. The molecule has 1 saturated heterocycles. The maximum atomic E-state index is 12.5. The molecule has 35 heavy (non-hydrogen) atoms. The summed E-state index contributed by atoms with van der Waals surface area (Å²) in [6.45, 7) is 16.3. The number of nitrogen functional groups attached to an aromatic ring is 1. The van der Waals surface area contributed by atoms with Gasteiger partial charge in [-0.25, -0.2) is 15.1 Å². The molecule has 2 fully saturated rings. The highest BCUT2D eigenvalue weighted by Gasteiger charge is 2.23.